The number of unbranched alkanes of at least 4 members (excludes halogenated alkanes) is 3. The van der Waals surface area contributed by atoms with E-state index in [4.69, 9.17) is 5.11 Å². The standard InChI is InChI=1S/C19H28N2O5S/c22-18(23)12-6-1-2-7-13-20-19(24)16-9-8-14-21(15-16)27(25,26)17-10-4-3-5-11-17/h3-5,10-11,16H,1-2,6-9,12-15H2,(H,20,24)(H,22,23)/t16-/m1/s1. The molecule has 1 amide bonds. The lowest BCUT2D eigenvalue weighted by Crippen LogP contribution is -2.45. The maximum atomic E-state index is 12.7. The minimum absolute atomic E-state index is 0.103. The Morgan fingerprint density at radius 1 is 1.11 bits per heavy atom. The second-order valence-electron chi connectivity index (χ2n) is 6.86. The van der Waals surface area contributed by atoms with Gasteiger partial charge in [-0.25, -0.2) is 8.42 Å². The van der Waals surface area contributed by atoms with E-state index in [1.165, 1.54) is 4.31 Å². The summed E-state index contributed by atoms with van der Waals surface area (Å²) in [5.41, 5.74) is 0. The Morgan fingerprint density at radius 3 is 2.52 bits per heavy atom. The molecule has 1 saturated heterocycles. The number of hydrogen-bond donors (Lipinski definition) is 2. The van der Waals surface area contributed by atoms with Crippen LogP contribution in [0.4, 0.5) is 0 Å². The van der Waals surface area contributed by atoms with Crippen LogP contribution in [-0.2, 0) is 19.6 Å². The molecule has 0 aromatic heterocycles. The molecule has 150 valence electrons. The van der Waals surface area contributed by atoms with E-state index in [0.29, 0.717) is 32.4 Å². The van der Waals surface area contributed by atoms with Gasteiger partial charge in [0.2, 0.25) is 15.9 Å². The summed E-state index contributed by atoms with van der Waals surface area (Å²) in [6, 6.07) is 8.30. The number of carbonyl (C=O) groups excluding carboxylic acids is 1. The van der Waals surface area contributed by atoms with Gasteiger partial charge in [-0.3, -0.25) is 9.59 Å². The lowest BCUT2D eigenvalue weighted by Gasteiger charge is -2.31. The molecule has 1 aromatic rings. The highest BCUT2D eigenvalue weighted by Crippen LogP contribution is 2.23. The number of rotatable bonds is 10. The first kappa shape index (κ1) is 21.4. The molecule has 27 heavy (non-hydrogen) atoms. The summed E-state index contributed by atoms with van der Waals surface area (Å²) in [6.45, 7) is 1.18. The average Bonchev–Trinajstić information content (AvgIpc) is 2.67. The highest BCUT2D eigenvalue weighted by molar-refractivity contribution is 7.89. The van der Waals surface area contributed by atoms with Crippen molar-refractivity contribution in [3.8, 4) is 0 Å². The number of sulfonamides is 1. The summed E-state index contributed by atoms with van der Waals surface area (Å²) >= 11 is 0. The predicted molar refractivity (Wildman–Crippen MR) is 102 cm³/mol. The minimum atomic E-state index is -3.57. The highest BCUT2D eigenvalue weighted by atomic mass is 32.2. The van der Waals surface area contributed by atoms with Crippen molar-refractivity contribution in [2.45, 2.75) is 49.8 Å². The summed E-state index contributed by atoms with van der Waals surface area (Å²) in [5, 5.41) is 11.5. The van der Waals surface area contributed by atoms with Gasteiger partial charge in [0.05, 0.1) is 10.8 Å². The fourth-order valence-electron chi connectivity index (χ4n) is 3.23. The molecule has 0 unspecified atom stereocenters. The number of nitrogens with one attached hydrogen (secondary N) is 1. The van der Waals surface area contributed by atoms with Crippen molar-refractivity contribution in [2.75, 3.05) is 19.6 Å². The fourth-order valence-corrected chi connectivity index (χ4v) is 4.77. The predicted octanol–water partition coefficient (Wildman–Crippen LogP) is 2.24. The maximum Gasteiger partial charge on any atom is 0.303 e. The molecule has 7 nitrogen and oxygen atoms in total. The van der Waals surface area contributed by atoms with Gasteiger partial charge in [0.1, 0.15) is 0 Å². The zero-order valence-corrected chi connectivity index (χ0v) is 16.3. The first-order valence-corrected chi connectivity index (χ1v) is 10.9. The lowest BCUT2D eigenvalue weighted by molar-refractivity contribution is -0.137. The number of hydrogen-bond acceptors (Lipinski definition) is 4. The molecule has 1 atom stereocenters. The van der Waals surface area contributed by atoms with Crippen molar-refractivity contribution < 1.29 is 23.1 Å². The SMILES string of the molecule is O=C(O)CCCCCCNC(=O)[C@@H]1CCCN(S(=O)(=O)c2ccccc2)C1. The number of piperidine rings is 1. The van der Waals surface area contributed by atoms with E-state index in [-0.39, 0.29) is 29.7 Å². The molecule has 0 radical (unpaired) electrons. The van der Waals surface area contributed by atoms with Gasteiger partial charge in [-0.05, 0) is 37.8 Å². The van der Waals surface area contributed by atoms with Crippen molar-refractivity contribution in [1.82, 2.24) is 9.62 Å². The molecule has 0 saturated carbocycles. The van der Waals surface area contributed by atoms with Crippen LogP contribution >= 0.6 is 0 Å². The third kappa shape index (κ3) is 6.62. The second kappa shape index (κ2) is 10.4. The largest absolute Gasteiger partial charge is 0.481 e. The van der Waals surface area contributed by atoms with Crippen molar-refractivity contribution in [3.63, 3.8) is 0 Å². The van der Waals surface area contributed by atoms with E-state index in [9.17, 15) is 18.0 Å². The van der Waals surface area contributed by atoms with E-state index in [0.717, 1.165) is 19.3 Å². The number of benzene rings is 1. The number of carboxylic acid groups (broad SMARTS) is 1. The molecule has 1 heterocycles. The normalized spacial score (nSPS) is 18.1. The molecule has 1 aromatic carbocycles. The molecule has 8 heteroatoms. The van der Waals surface area contributed by atoms with Crippen LogP contribution in [0.2, 0.25) is 0 Å². The van der Waals surface area contributed by atoms with Crippen molar-refractivity contribution in [1.29, 1.82) is 0 Å². The Kier molecular flexibility index (Phi) is 8.24. The summed E-state index contributed by atoms with van der Waals surface area (Å²) in [6.07, 6.45) is 4.68. The molecular weight excluding hydrogens is 368 g/mol. The van der Waals surface area contributed by atoms with Gasteiger partial charge in [0.15, 0.2) is 0 Å². The van der Waals surface area contributed by atoms with Gasteiger partial charge in [0.25, 0.3) is 0 Å². The fraction of sp³-hybridized carbons (Fsp3) is 0.579. The lowest BCUT2D eigenvalue weighted by atomic mass is 9.99. The highest BCUT2D eigenvalue weighted by Gasteiger charge is 2.33. The molecule has 2 rings (SSSR count). The van der Waals surface area contributed by atoms with Crippen LogP contribution in [0.15, 0.2) is 35.2 Å². The molecule has 2 N–H and O–H groups in total. The number of nitrogens with zero attached hydrogens (tertiary/aromatic N) is 1. The van der Waals surface area contributed by atoms with E-state index < -0.39 is 16.0 Å². The van der Waals surface area contributed by atoms with Gasteiger partial charge >= 0.3 is 5.97 Å². The van der Waals surface area contributed by atoms with Crippen LogP contribution in [0.25, 0.3) is 0 Å². The van der Waals surface area contributed by atoms with E-state index in [1.54, 1.807) is 30.3 Å². The second-order valence-corrected chi connectivity index (χ2v) is 8.80. The molecular formula is C19H28N2O5S. The average molecular weight is 397 g/mol. The van der Waals surface area contributed by atoms with Crippen LogP contribution in [0.5, 0.6) is 0 Å². The van der Waals surface area contributed by atoms with Crippen LogP contribution in [-0.4, -0.2) is 49.3 Å². The quantitative estimate of drug-likeness (QED) is 0.590. The van der Waals surface area contributed by atoms with Gasteiger partial charge in [-0.1, -0.05) is 31.0 Å². The summed E-state index contributed by atoms with van der Waals surface area (Å²) in [4.78, 5) is 23.1. The third-order valence-electron chi connectivity index (χ3n) is 4.75. The number of amides is 1. The smallest absolute Gasteiger partial charge is 0.303 e. The Labute approximate surface area is 160 Å². The van der Waals surface area contributed by atoms with Crippen LogP contribution < -0.4 is 5.32 Å². The van der Waals surface area contributed by atoms with Crippen molar-refractivity contribution in [3.05, 3.63) is 30.3 Å². The maximum absolute atomic E-state index is 12.7. The van der Waals surface area contributed by atoms with Crippen molar-refractivity contribution >= 4 is 21.9 Å². The van der Waals surface area contributed by atoms with E-state index >= 15 is 0 Å². The molecule has 1 fully saturated rings. The Balaban J connectivity index is 1.77. The number of carbonyl (C=O) groups is 2. The third-order valence-corrected chi connectivity index (χ3v) is 6.63. The summed E-state index contributed by atoms with van der Waals surface area (Å²) < 4.78 is 26.8. The van der Waals surface area contributed by atoms with Gasteiger partial charge in [0, 0.05) is 26.1 Å². The first-order valence-electron chi connectivity index (χ1n) is 9.46. The van der Waals surface area contributed by atoms with E-state index in [1.807, 2.05) is 0 Å². The zero-order valence-electron chi connectivity index (χ0n) is 15.5. The van der Waals surface area contributed by atoms with Crippen LogP contribution in [0.1, 0.15) is 44.9 Å². The first-order chi connectivity index (χ1) is 12.9. The molecule has 1 aliphatic rings. The topological polar surface area (TPSA) is 104 Å². The van der Waals surface area contributed by atoms with E-state index in [2.05, 4.69) is 5.32 Å². The van der Waals surface area contributed by atoms with Crippen molar-refractivity contribution in [2.24, 2.45) is 5.92 Å². The number of carboxylic acids is 1. The van der Waals surface area contributed by atoms with Gasteiger partial charge < -0.3 is 10.4 Å². The Hall–Kier alpha value is -1.93. The van der Waals surface area contributed by atoms with Crippen LogP contribution in [0, 0.1) is 5.92 Å². The molecule has 0 aliphatic carbocycles. The molecule has 0 spiro atoms. The zero-order chi connectivity index (χ0) is 19.7. The Bertz CT molecular complexity index is 721. The number of aliphatic carboxylic acids is 1. The van der Waals surface area contributed by atoms with Gasteiger partial charge in [-0.15, -0.1) is 0 Å². The molecule has 1 aliphatic heterocycles. The molecule has 0 bridgehead atoms. The summed E-state index contributed by atoms with van der Waals surface area (Å²) in [5.74, 6) is -1.21. The van der Waals surface area contributed by atoms with Crippen LogP contribution in [0.3, 0.4) is 0 Å². The monoisotopic (exact) mass is 396 g/mol. The summed E-state index contributed by atoms with van der Waals surface area (Å²) in [7, 11) is -3.57. The van der Waals surface area contributed by atoms with Gasteiger partial charge in [-0.2, -0.15) is 4.31 Å². The minimum Gasteiger partial charge on any atom is -0.481 e. The Morgan fingerprint density at radius 2 is 1.81 bits per heavy atom.